The van der Waals surface area contributed by atoms with Gasteiger partial charge in [0, 0.05) is 6.08 Å². The first-order chi connectivity index (χ1) is 12.0. The van der Waals surface area contributed by atoms with E-state index in [1.807, 2.05) is 33.8 Å². The number of aryl methyl sites for hydroxylation is 1. The lowest BCUT2D eigenvalue weighted by atomic mass is 9.86. The van der Waals surface area contributed by atoms with Crippen LogP contribution in [0.2, 0.25) is 0 Å². The molecule has 5 nitrogen and oxygen atoms in total. The van der Waals surface area contributed by atoms with Gasteiger partial charge >= 0.3 is 5.97 Å². The highest BCUT2D eigenvalue weighted by Crippen LogP contribution is 2.29. The van der Waals surface area contributed by atoms with Crippen molar-refractivity contribution in [2.75, 3.05) is 4.72 Å². The first kappa shape index (κ1) is 19.7. The monoisotopic (exact) mass is 373 g/mol. The zero-order valence-corrected chi connectivity index (χ0v) is 16.1. The summed E-state index contributed by atoms with van der Waals surface area (Å²) in [6.45, 7) is 7.97. The maximum atomic E-state index is 12.6. The van der Waals surface area contributed by atoms with E-state index in [1.165, 1.54) is 18.2 Å². The predicted molar refractivity (Wildman–Crippen MR) is 104 cm³/mol. The Balaban J connectivity index is 2.47. The van der Waals surface area contributed by atoms with Gasteiger partial charge in [-0.15, -0.1) is 0 Å². The second-order valence-electron chi connectivity index (χ2n) is 7.14. The highest BCUT2D eigenvalue weighted by atomic mass is 32.2. The molecule has 0 heterocycles. The molecule has 2 aromatic rings. The first-order valence-electron chi connectivity index (χ1n) is 8.14. The van der Waals surface area contributed by atoms with Gasteiger partial charge in [0.25, 0.3) is 10.0 Å². The minimum absolute atomic E-state index is 0.149. The maximum Gasteiger partial charge on any atom is 0.328 e. The molecule has 0 bridgehead atoms. The van der Waals surface area contributed by atoms with E-state index < -0.39 is 16.0 Å². The molecule has 0 saturated heterocycles. The average molecular weight is 373 g/mol. The first-order valence-corrected chi connectivity index (χ1v) is 9.62. The van der Waals surface area contributed by atoms with Crippen molar-refractivity contribution in [3.8, 4) is 0 Å². The van der Waals surface area contributed by atoms with Crippen LogP contribution in [0.25, 0.3) is 6.08 Å². The number of rotatable bonds is 5. The fourth-order valence-corrected chi connectivity index (χ4v) is 3.43. The fraction of sp³-hybridized carbons (Fsp3) is 0.250. The molecule has 0 fully saturated rings. The number of carboxylic acid groups (broad SMARTS) is 1. The molecule has 2 rings (SSSR count). The van der Waals surface area contributed by atoms with Gasteiger partial charge in [-0.25, -0.2) is 13.2 Å². The number of nitrogens with one attached hydrogen (secondary N) is 1. The molecule has 0 radical (unpaired) electrons. The normalized spacial score (nSPS) is 12.3. The van der Waals surface area contributed by atoms with E-state index in [0.29, 0.717) is 11.3 Å². The summed E-state index contributed by atoms with van der Waals surface area (Å²) in [6, 6.07) is 11.8. The third kappa shape index (κ3) is 4.95. The molecule has 0 aliphatic carbocycles. The summed E-state index contributed by atoms with van der Waals surface area (Å²) in [7, 11) is -3.77. The molecule has 0 aliphatic rings. The summed E-state index contributed by atoms with van der Waals surface area (Å²) in [5.74, 6) is -1.10. The van der Waals surface area contributed by atoms with Gasteiger partial charge in [-0.2, -0.15) is 0 Å². The molecule has 0 amide bonds. The number of sulfonamides is 1. The van der Waals surface area contributed by atoms with Crippen LogP contribution < -0.4 is 4.72 Å². The van der Waals surface area contributed by atoms with Crippen LogP contribution in [-0.2, 0) is 20.2 Å². The van der Waals surface area contributed by atoms with Gasteiger partial charge in [0.15, 0.2) is 0 Å². The third-order valence-electron chi connectivity index (χ3n) is 3.90. The van der Waals surface area contributed by atoms with Crippen LogP contribution in [0.4, 0.5) is 5.69 Å². The lowest BCUT2D eigenvalue weighted by Gasteiger charge is -2.21. The van der Waals surface area contributed by atoms with Crippen LogP contribution in [0.15, 0.2) is 53.4 Å². The topological polar surface area (TPSA) is 83.5 Å². The zero-order chi connectivity index (χ0) is 19.5. The SMILES string of the molecule is Cc1ccc(S(=O)(=O)Nc2ccc(C(C)(C)C)cc2/C=C/C(=O)O)cc1. The quantitative estimate of drug-likeness (QED) is 0.770. The van der Waals surface area contributed by atoms with Crippen molar-refractivity contribution < 1.29 is 18.3 Å². The van der Waals surface area contributed by atoms with Crippen molar-refractivity contribution in [3.63, 3.8) is 0 Å². The Hall–Kier alpha value is -2.60. The smallest absolute Gasteiger partial charge is 0.328 e. The molecule has 138 valence electrons. The number of hydrogen-bond donors (Lipinski definition) is 2. The Morgan fingerprint density at radius 3 is 2.23 bits per heavy atom. The van der Waals surface area contributed by atoms with Gasteiger partial charge in [-0.05, 0) is 53.8 Å². The molecule has 6 heteroatoms. The molecular weight excluding hydrogens is 350 g/mol. The number of benzene rings is 2. The molecule has 0 aromatic heterocycles. The van der Waals surface area contributed by atoms with Gasteiger partial charge < -0.3 is 5.11 Å². The van der Waals surface area contributed by atoms with E-state index in [1.54, 1.807) is 24.3 Å². The van der Waals surface area contributed by atoms with Crippen LogP contribution >= 0.6 is 0 Å². The largest absolute Gasteiger partial charge is 0.478 e. The van der Waals surface area contributed by atoms with Crippen LogP contribution in [-0.4, -0.2) is 19.5 Å². The van der Waals surface area contributed by atoms with Crippen LogP contribution in [0.5, 0.6) is 0 Å². The van der Waals surface area contributed by atoms with Crippen molar-refractivity contribution >= 4 is 27.8 Å². The highest BCUT2D eigenvalue weighted by Gasteiger charge is 2.18. The molecule has 2 N–H and O–H groups in total. The lowest BCUT2D eigenvalue weighted by Crippen LogP contribution is -2.15. The van der Waals surface area contributed by atoms with Crippen molar-refractivity contribution in [2.45, 2.75) is 38.0 Å². The number of aliphatic carboxylic acids is 1. The van der Waals surface area contributed by atoms with Gasteiger partial charge in [0.2, 0.25) is 0 Å². The molecule has 0 saturated carbocycles. The van der Waals surface area contributed by atoms with E-state index in [4.69, 9.17) is 5.11 Å². The lowest BCUT2D eigenvalue weighted by molar-refractivity contribution is -0.131. The molecule has 2 aromatic carbocycles. The predicted octanol–water partition coefficient (Wildman–Crippen LogP) is 4.19. The average Bonchev–Trinajstić information content (AvgIpc) is 2.53. The van der Waals surface area contributed by atoms with E-state index in [2.05, 4.69) is 4.72 Å². The summed E-state index contributed by atoms with van der Waals surface area (Å²) in [4.78, 5) is 11.0. The van der Waals surface area contributed by atoms with Crippen molar-refractivity contribution in [2.24, 2.45) is 0 Å². The number of anilines is 1. The van der Waals surface area contributed by atoms with Crippen LogP contribution in [0.1, 0.15) is 37.5 Å². The Kier molecular flexibility index (Phi) is 5.56. The van der Waals surface area contributed by atoms with Crippen LogP contribution in [0.3, 0.4) is 0 Å². The summed E-state index contributed by atoms with van der Waals surface area (Å²) in [5.41, 5.74) is 2.61. The van der Waals surface area contributed by atoms with Gasteiger partial charge in [-0.1, -0.05) is 44.5 Å². The van der Waals surface area contributed by atoms with Gasteiger partial charge in [0.1, 0.15) is 0 Å². The van der Waals surface area contributed by atoms with E-state index in [9.17, 15) is 13.2 Å². The summed E-state index contributed by atoms with van der Waals surface area (Å²) in [6.07, 6.45) is 2.38. The fourth-order valence-electron chi connectivity index (χ4n) is 2.34. The molecule has 26 heavy (non-hydrogen) atoms. The Morgan fingerprint density at radius 1 is 1.08 bits per heavy atom. The van der Waals surface area contributed by atoms with E-state index in [0.717, 1.165) is 17.2 Å². The minimum Gasteiger partial charge on any atom is -0.478 e. The summed E-state index contributed by atoms with van der Waals surface area (Å²) in [5, 5.41) is 8.91. The summed E-state index contributed by atoms with van der Waals surface area (Å²) < 4.78 is 27.8. The molecule has 0 atom stereocenters. The van der Waals surface area contributed by atoms with Gasteiger partial charge in [-0.3, -0.25) is 4.72 Å². The minimum atomic E-state index is -3.77. The van der Waals surface area contributed by atoms with Crippen molar-refractivity contribution in [1.29, 1.82) is 0 Å². The number of carboxylic acids is 1. The number of carbonyl (C=O) groups is 1. The Labute approximate surface area is 154 Å². The van der Waals surface area contributed by atoms with E-state index in [-0.39, 0.29) is 10.3 Å². The third-order valence-corrected chi connectivity index (χ3v) is 5.28. The zero-order valence-electron chi connectivity index (χ0n) is 15.3. The van der Waals surface area contributed by atoms with Crippen molar-refractivity contribution in [1.82, 2.24) is 0 Å². The Bertz CT molecular complexity index is 937. The van der Waals surface area contributed by atoms with Crippen LogP contribution in [0, 0.1) is 6.92 Å². The summed E-state index contributed by atoms with van der Waals surface area (Å²) >= 11 is 0. The molecule has 0 unspecified atom stereocenters. The molecule has 0 aliphatic heterocycles. The maximum absolute atomic E-state index is 12.6. The molecular formula is C20H23NO4S. The number of hydrogen-bond acceptors (Lipinski definition) is 3. The highest BCUT2D eigenvalue weighted by molar-refractivity contribution is 7.92. The van der Waals surface area contributed by atoms with E-state index >= 15 is 0 Å². The van der Waals surface area contributed by atoms with Crippen molar-refractivity contribution in [3.05, 3.63) is 65.2 Å². The van der Waals surface area contributed by atoms with Gasteiger partial charge in [0.05, 0.1) is 10.6 Å². The second kappa shape index (κ2) is 7.33. The standard InChI is InChI=1S/C20H23NO4S/c1-14-5-9-17(10-6-14)26(24,25)21-18-11-8-16(20(2,3)4)13-15(18)7-12-19(22)23/h5-13,21H,1-4H3,(H,22,23)/b12-7+. The Morgan fingerprint density at radius 2 is 1.69 bits per heavy atom. The molecule has 0 spiro atoms. The second-order valence-corrected chi connectivity index (χ2v) is 8.82.